The van der Waals surface area contributed by atoms with E-state index in [1.807, 2.05) is 13.0 Å². The van der Waals surface area contributed by atoms with Crippen LogP contribution in [0.25, 0.3) is 0 Å². The lowest BCUT2D eigenvalue weighted by Crippen LogP contribution is -2.17. The average molecular weight is 257 g/mol. The molecule has 0 aromatic carbocycles. The topological polar surface area (TPSA) is 71.1 Å². The van der Waals surface area contributed by atoms with E-state index in [2.05, 4.69) is 15.6 Å². The molecular formula is C11H19N3O2S. The molecule has 0 fully saturated rings. The Labute approximate surface area is 103 Å². The van der Waals surface area contributed by atoms with Gasteiger partial charge >= 0.3 is 0 Å². The first-order valence-electron chi connectivity index (χ1n) is 5.70. The lowest BCUT2D eigenvalue weighted by atomic mass is 10.3. The van der Waals surface area contributed by atoms with E-state index in [4.69, 9.17) is 0 Å². The van der Waals surface area contributed by atoms with Crippen molar-refractivity contribution in [2.24, 2.45) is 0 Å². The van der Waals surface area contributed by atoms with Gasteiger partial charge in [-0.1, -0.05) is 6.92 Å². The fourth-order valence-corrected chi connectivity index (χ4v) is 2.03. The van der Waals surface area contributed by atoms with E-state index in [0.717, 1.165) is 17.9 Å². The molecule has 0 saturated heterocycles. The molecule has 0 radical (unpaired) electrons. The van der Waals surface area contributed by atoms with Crippen LogP contribution in [0.1, 0.15) is 13.8 Å². The van der Waals surface area contributed by atoms with E-state index in [1.165, 1.54) is 0 Å². The van der Waals surface area contributed by atoms with Crippen molar-refractivity contribution >= 4 is 21.2 Å². The lowest BCUT2D eigenvalue weighted by Gasteiger charge is -2.08. The van der Waals surface area contributed by atoms with Crippen LogP contribution < -0.4 is 10.6 Å². The fourth-order valence-electron chi connectivity index (χ4n) is 1.33. The second kappa shape index (κ2) is 6.44. The molecule has 0 aliphatic carbocycles. The lowest BCUT2D eigenvalue weighted by molar-refractivity contribution is 0.597. The van der Waals surface area contributed by atoms with E-state index >= 15 is 0 Å². The molecule has 0 aliphatic heterocycles. The molecule has 0 spiro atoms. The van der Waals surface area contributed by atoms with Gasteiger partial charge in [0.1, 0.15) is 0 Å². The minimum Gasteiger partial charge on any atom is -0.384 e. The van der Waals surface area contributed by atoms with E-state index in [1.54, 1.807) is 19.3 Å². The summed E-state index contributed by atoms with van der Waals surface area (Å²) in [6.07, 6.45) is 3.41. The van der Waals surface area contributed by atoms with Crippen LogP contribution in [0.3, 0.4) is 0 Å². The van der Waals surface area contributed by atoms with Crippen molar-refractivity contribution in [3.05, 3.63) is 18.5 Å². The number of nitrogens with one attached hydrogen (secondary N) is 2. The second-order valence-electron chi connectivity index (χ2n) is 3.66. The zero-order valence-electron chi connectivity index (χ0n) is 10.2. The minimum atomic E-state index is -2.91. The molecule has 0 atom stereocenters. The van der Waals surface area contributed by atoms with Gasteiger partial charge in [-0.25, -0.2) is 8.42 Å². The van der Waals surface area contributed by atoms with Crippen LogP contribution in [0.5, 0.6) is 0 Å². The molecule has 1 heterocycles. The number of pyridine rings is 1. The Morgan fingerprint density at radius 2 is 1.82 bits per heavy atom. The zero-order valence-corrected chi connectivity index (χ0v) is 11.0. The molecule has 96 valence electrons. The highest BCUT2D eigenvalue weighted by atomic mass is 32.2. The molecule has 1 aromatic heterocycles. The van der Waals surface area contributed by atoms with Crippen LogP contribution in [-0.4, -0.2) is 38.0 Å². The maximum atomic E-state index is 11.3. The van der Waals surface area contributed by atoms with Crippen LogP contribution in [0.2, 0.25) is 0 Å². The first kappa shape index (κ1) is 13.8. The summed E-state index contributed by atoms with van der Waals surface area (Å²) < 4.78 is 22.6. The third kappa shape index (κ3) is 5.04. The highest BCUT2D eigenvalue weighted by Gasteiger charge is 2.06. The van der Waals surface area contributed by atoms with Gasteiger partial charge in [0, 0.05) is 18.8 Å². The molecule has 0 amide bonds. The van der Waals surface area contributed by atoms with Gasteiger partial charge in [0.2, 0.25) is 0 Å². The van der Waals surface area contributed by atoms with Gasteiger partial charge in [-0.05, 0) is 13.0 Å². The second-order valence-corrected chi connectivity index (χ2v) is 6.13. The third-order valence-electron chi connectivity index (χ3n) is 2.30. The summed E-state index contributed by atoms with van der Waals surface area (Å²) in [5, 5.41) is 6.20. The summed E-state index contributed by atoms with van der Waals surface area (Å²) in [5.41, 5.74) is 1.76. The van der Waals surface area contributed by atoms with Crippen molar-refractivity contribution in [1.29, 1.82) is 0 Å². The molecule has 2 N–H and O–H groups in total. The Kier molecular flexibility index (Phi) is 5.21. The van der Waals surface area contributed by atoms with Gasteiger partial charge in [-0.15, -0.1) is 0 Å². The van der Waals surface area contributed by atoms with Crippen LogP contribution in [0, 0.1) is 0 Å². The first-order chi connectivity index (χ1) is 8.07. The van der Waals surface area contributed by atoms with Gasteiger partial charge < -0.3 is 10.6 Å². The molecule has 5 nitrogen and oxygen atoms in total. The van der Waals surface area contributed by atoms with Crippen molar-refractivity contribution in [3.63, 3.8) is 0 Å². The van der Waals surface area contributed by atoms with Crippen molar-refractivity contribution in [1.82, 2.24) is 4.98 Å². The molecule has 17 heavy (non-hydrogen) atoms. The van der Waals surface area contributed by atoms with Crippen molar-refractivity contribution in [3.8, 4) is 0 Å². The number of nitrogens with zero attached hydrogens (tertiary/aromatic N) is 1. The summed E-state index contributed by atoms with van der Waals surface area (Å²) in [4.78, 5) is 4.06. The molecular weight excluding hydrogens is 238 g/mol. The van der Waals surface area contributed by atoms with E-state index in [9.17, 15) is 8.42 Å². The number of sulfone groups is 1. The van der Waals surface area contributed by atoms with E-state index in [0.29, 0.717) is 6.54 Å². The fraction of sp³-hybridized carbons (Fsp3) is 0.545. The standard InChI is InChI=1S/C11H19N3O2S/c1-3-13-10-7-11(9-12-8-10)14-5-6-17(15,16)4-2/h7-9,13-14H,3-6H2,1-2H3. The van der Waals surface area contributed by atoms with Gasteiger partial charge in [0.05, 0.1) is 29.5 Å². The van der Waals surface area contributed by atoms with Crippen molar-refractivity contribution in [2.45, 2.75) is 13.8 Å². The Hall–Kier alpha value is -1.30. The number of hydrogen-bond donors (Lipinski definition) is 2. The SMILES string of the molecule is CCNc1cncc(NCCS(=O)(=O)CC)c1. The third-order valence-corrected chi connectivity index (χ3v) is 4.01. The smallest absolute Gasteiger partial charge is 0.151 e. The van der Waals surface area contributed by atoms with E-state index in [-0.39, 0.29) is 11.5 Å². The molecule has 6 heteroatoms. The summed E-state index contributed by atoms with van der Waals surface area (Å²) in [7, 11) is -2.91. The maximum Gasteiger partial charge on any atom is 0.151 e. The normalized spacial score (nSPS) is 11.2. The van der Waals surface area contributed by atoms with Crippen LogP contribution in [0.4, 0.5) is 11.4 Å². The highest BCUT2D eigenvalue weighted by Crippen LogP contribution is 2.12. The Morgan fingerprint density at radius 1 is 1.18 bits per heavy atom. The molecule has 1 aromatic rings. The average Bonchev–Trinajstić information content (AvgIpc) is 2.30. The molecule has 0 aliphatic rings. The maximum absolute atomic E-state index is 11.3. The molecule has 0 bridgehead atoms. The first-order valence-corrected chi connectivity index (χ1v) is 7.52. The van der Waals surface area contributed by atoms with Gasteiger partial charge in [-0.3, -0.25) is 4.98 Å². The Balaban J connectivity index is 2.49. The predicted molar refractivity (Wildman–Crippen MR) is 71.2 cm³/mol. The van der Waals surface area contributed by atoms with Crippen molar-refractivity contribution < 1.29 is 8.42 Å². The number of rotatable bonds is 7. The van der Waals surface area contributed by atoms with Crippen LogP contribution in [0.15, 0.2) is 18.5 Å². The Bertz CT molecular complexity index is 446. The molecule has 0 unspecified atom stereocenters. The minimum absolute atomic E-state index is 0.148. The van der Waals surface area contributed by atoms with E-state index < -0.39 is 9.84 Å². The summed E-state index contributed by atoms with van der Waals surface area (Å²) in [6.45, 7) is 4.90. The van der Waals surface area contributed by atoms with Gasteiger partial charge in [0.25, 0.3) is 0 Å². The molecule has 0 saturated carbocycles. The zero-order chi connectivity index (χ0) is 12.7. The summed E-state index contributed by atoms with van der Waals surface area (Å²) in [5.74, 6) is 0.333. The van der Waals surface area contributed by atoms with Crippen LogP contribution >= 0.6 is 0 Å². The predicted octanol–water partition coefficient (Wildman–Crippen LogP) is 1.36. The number of hydrogen-bond acceptors (Lipinski definition) is 5. The largest absolute Gasteiger partial charge is 0.384 e. The van der Waals surface area contributed by atoms with Gasteiger partial charge in [0.15, 0.2) is 9.84 Å². The quantitative estimate of drug-likeness (QED) is 0.771. The molecule has 1 rings (SSSR count). The number of anilines is 2. The van der Waals surface area contributed by atoms with Crippen molar-refractivity contribution in [2.75, 3.05) is 35.2 Å². The number of aromatic nitrogens is 1. The monoisotopic (exact) mass is 257 g/mol. The highest BCUT2D eigenvalue weighted by molar-refractivity contribution is 7.91. The van der Waals surface area contributed by atoms with Gasteiger partial charge in [-0.2, -0.15) is 0 Å². The Morgan fingerprint density at radius 3 is 2.41 bits per heavy atom. The van der Waals surface area contributed by atoms with Crippen LogP contribution in [-0.2, 0) is 9.84 Å². The summed E-state index contributed by atoms with van der Waals surface area (Å²) in [6, 6.07) is 1.91. The summed E-state index contributed by atoms with van der Waals surface area (Å²) >= 11 is 0.